The van der Waals surface area contributed by atoms with Crippen molar-refractivity contribution in [2.75, 3.05) is 0 Å². The Bertz CT molecular complexity index is 258. The predicted molar refractivity (Wildman–Crippen MR) is 62.1 cm³/mol. The molecule has 1 atom stereocenters. The highest BCUT2D eigenvalue weighted by atomic mass is 14.6. The van der Waals surface area contributed by atoms with Gasteiger partial charge in [0.25, 0.3) is 0 Å². The zero-order valence-electron chi connectivity index (χ0n) is 9.46. The molecule has 0 aliphatic carbocycles. The third-order valence-electron chi connectivity index (χ3n) is 2.43. The van der Waals surface area contributed by atoms with Crippen molar-refractivity contribution in [2.24, 2.45) is 11.1 Å². The van der Waals surface area contributed by atoms with Gasteiger partial charge in [0.05, 0.1) is 0 Å². The molecule has 2 N–H and O–H groups in total. The van der Waals surface area contributed by atoms with Gasteiger partial charge in [0, 0.05) is 6.04 Å². The molecule has 0 aliphatic rings. The van der Waals surface area contributed by atoms with E-state index in [2.05, 4.69) is 32.9 Å². The first-order valence-electron chi connectivity index (χ1n) is 5.29. The number of nitrogens with two attached hydrogens (primary N) is 1. The molecule has 1 aromatic carbocycles. The number of hydrogen-bond donors (Lipinski definition) is 1. The van der Waals surface area contributed by atoms with Crippen molar-refractivity contribution in [3.63, 3.8) is 0 Å². The monoisotopic (exact) mass is 191 g/mol. The van der Waals surface area contributed by atoms with E-state index in [1.165, 1.54) is 12.0 Å². The standard InChI is InChI=1S/C13H21N/c1-13(2,3)10-9-12(14)11-7-5-4-6-8-11/h4-8,12H,9-10,14H2,1-3H3/t12-/m1/s1. The quantitative estimate of drug-likeness (QED) is 0.777. The summed E-state index contributed by atoms with van der Waals surface area (Å²) in [6.07, 6.45) is 2.23. The van der Waals surface area contributed by atoms with E-state index < -0.39 is 0 Å². The molecule has 0 spiro atoms. The van der Waals surface area contributed by atoms with Gasteiger partial charge in [-0.15, -0.1) is 0 Å². The summed E-state index contributed by atoms with van der Waals surface area (Å²) in [4.78, 5) is 0. The molecule has 0 heterocycles. The van der Waals surface area contributed by atoms with Crippen LogP contribution in [0, 0.1) is 5.41 Å². The Balaban J connectivity index is 2.48. The molecule has 1 heteroatoms. The highest BCUT2D eigenvalue weighted by molar-refractivity contribution is 5.18. The molecule has 0 aliphatic heterocycles. The van der Waals surface area contributed by atoms with Gasteiger partial charge in [-0.05, 0) is 23.8 Å². The first-order valence-corrected chi connectivity index (χ1v) is 5.29. The number of benzene rings is 1. The van der Waals surface area contributed by atoms with Crippen molar-refractivity contribution in [2.45, 2.75) is 39.7 Å². The summed E-state index contributed by atoms with van der Waals surface area (Å²) in [6.45, 7) is 6.76. The molecule has 1 nitrogen and oxygen atoms in total. The van der Waals surface area contributed by atoms with Crippen molar-refractivity contribution in [3.05, 3.63) is 35.9 Å². The van der Waals surface area contributed by atoms with Crippen LogP contribution >= 0.6 is 0 Å². The first kappa shape index (κ1) is 11.3. The lowest BCUT2D eigenvalue weighted by Crippen LogP contribution is -2.14. The summed E-state index contributed by atoms with van der Waals surface area (Å²) in [6, 6.07) is 10.5. The molecular weight excluding hydrogens is 170 g/mol. The fraction of sp³-hybridized carbons (Fsp3) is 0.538. The smallest absolute Gasteiger partial charge is 0.0295 e. The van der Waals surface area contributed by atoms with E-state index in [9.17, 15) is 0 Å². The van der Waals surface area contributed by atoms with Crippen LogP contribution in [-0.4, -0.2) is 0 Å². The molecule has 0 fully saturated rings. The third kappa shape index (κ3) is 3.93. The Hall–Kier alpha value is -0.820. The van der Waals surface area contributed by atoms with E-state index in [0.29, 0.717) is 5.41 Å². The maximum atomic E-state index is 6.10. The summed E-state index contributed by atoms with van der Waals surface area (Å²) < 4.78 is 0. The topological polar surface area (TPSA) is 26.0 Å². The van der Waals surface area contributed by atoms with Gasteiger partial charge in [-0.3, -0.25) is 0 Å². The van der Waals surface area contributed by atoms with Crippen molar-refractivity contribution >= 4 is 0 Å². The van der Waals surface area contributed by atoms with Crippen molar-refractivity contribution in [3.8, 4) is 0 Å². The van der Waals surface area contributed by atoms with Gasteiger partial charge in [-0.2, -0.15) is 0 Å². The minimum absolute atomic E-state index is 0.190. The van der Waals surface area contributed by atoms with E-state index in [1.54, 1.807) is 0 Å². The van der Waals surface area contributed by atoms with Crippen LogP contribution in [0.1, 0.15) is 45.2 Å². The summed E-state index contributed by atoms with van der Waals surface area (Å²) in [5.74, 6) is 0. The largest absolute Gasteiger partial charge is 0.324 e. The molecule has 78 valence electrons. The number of hydrogen-bond acceptors (Lipinski definition) is 1. The fourth-order valence-corrected chi connectivity index (χ4v) is 1.46. The second-order valence-corrected chi connectivity index (χ2v) is 5.12. The molecular formula is C13H21N. The van der Waals surface area contributed by atoms with E-state index >= 15 is 0 Å². The van der Waals surface area contributed by atoms with Gasteiger partial charge in [0.2, 0.25) is 0 Å². The van der Waals surface area contributed by atoms with Crippen LogP contribution in [0.5, 0.6) is 0 Å². The van der Waals surface area contributed by atoms with E-state index in [0.717, 1.165) is 6.42 Å². The van der Waals surface area contributed by atoms with E-state index in [1.807, 2.05) is 18.2 Å². The molecule has 0 bridgehead atoms. The Morgan fingerprint density at radius 2 is 1.71 bits per heavy atom. The van der Waals surface area contributed by atoms with Gasteiger partial charge in [0.15, 0.2) is 0 Å². The molecule has 1 aromatic rings. The fourth-order valence-electron chi connectivity index (χ4n) is 1.46. The molecule has 0 radical (unpaired) electrons. The van der Waals surface area contributed by atoms with Crippen molar-refractivity contribution in [1.29, 1.82) is 0 Å². The summed E-state index contributed by atoms with van der Waals surface area (Å²) in [7, 11) is 0. The van der Waals surface area contributed by atoms with Crippen molar-refractivity contribution in [1.82, 2.24) is 0 Å². The molecule has 0 amide bonds. The Labute approximate surface area is 87.3 Å². The minimum Gasteiger partial charge on any atom is -0.324 e. The van der Waals surface area contributed by atoms with Gasteiger partial charge in [-0.25, -0.2) is 0 Å². The molecule has 0 saturated carbocycles. The lowest BCUT2D eigenvalue weighted by atomic mass is 9.87. The minimum atomic E-state index is 0.190. The summed E-state index contributed by atoms with van der Waals surface area (Å²) >= 11 is 0. The average molecular weight is 191 g/mol. The zero-order valence-corrected chi connectivity index (χ0v) is 9.46. The summed E-state index contributed by atoms with van der Waals surface area (Å²) in [5, 5.41) is 0. The molecule has 14 heavy (non-hydrogen) atoms. The van der Waals surface area contributed by atoms with Gasteiger partial charge in [-0.1, -0.05) is 51.1 Å². The second kappa shape index (κ2) is 4.61. The Kier molecular flexibility index (Phi) is 3.70. The predicted octanol–water partition coefficient (Wildman–Crippen LogP) is 3.51. The van der Waals surface area contributed by atoms with Crippen LogP contribution in [0.4, 0.5) is 0 Å². The molecule has 0 unspecified atom stereocenters. The van der Waals surface area contributed by atoms with Crippen molar-refractivity contribution < 1.29 is 0 Å². The molecule has 1 rings (SSSR count). The maximum Gasteiger partial charge on any atom is 0.0295 e. The van der Waals surface area contributed by atoms with Crippen LogP contribution < -0.4 is 5.73 Å². The third-order valence-corrected chi connectivity index (χ3v) is 2.43. The number of rotatable bonds is 3. The molecule has 0 saturated heterocycles. The highest BCUT2D eigenvalue weighted by Gasteiger charge is 2.13. The lowest BCUT2D eigenvalue weighted by molar-refractivity contribution is 0.350. The van der Waals surface area contributed by atoms with Crippen LogP contribution in [0.2, 0.25) is 0 Å². The average Bonchev–Trinajstić information content (AvgIpc) is 2.14. The maximum absolute atomic E-state index is 6.10. The van der Waals surface area contributed by atoms with E-state index in [4.69, 9.17) is 5.73 Å². The van der Waals surface area contributed by atoms with Crippen LogP contribution in [0.15, 0.2) is 30.3 Å². The SMILES string of the molecule is CC(C)(C)CC[C@@H](N)c1ccccc1. The highest BCUT2D eigenvalue weighted by Crippen LogP contribution is 2.25. The molecule has 0 aromatic heterocycles. The zero-order chi connectivity index (χ0) is 10.6. The van der Waals surface area contributed by atoms with Gasteiger partial charge in [0.1, 0.15) is 0 Å². The lowest BCUT2D eigenvalue weighted by Gasteiger charge is -2.20. The van der Waals surface area contributed by atoms with E-state index in [-0.39, 0.29) is 6.04 Å². The van der Waals surface area contributed by atoms with Crippen LogP contribution in [0.3, 0.4) is 0 Å². The Morgan fingerprint density at radius 3 is 2.21 bits per heavy atom. The van der Waals surface area contributed by atoms with Gasteiger partial charge >= 0.3 is 0 Å². The van der Waals surface area contributed by atoms with Gasteiger partial charge < -0.3 is 5.73 Å². The van der Waals surface area contributed by atoms with Crippen LogP contribution in [0.25, 0.3) is 0 Å². The summed E-state index contributed by atoms with van der Waals surface area (Å²) in [5.41, 5.74) is 7.73. The normalized spacial score (nSPS) is 14.0. The Morgan fingerprint density at radius 1 is 1.14 bits per heavy atom. The first-order chi connectivity index (χ1) is 6.49. The second-order valence-electron chi connectivity index (χ2n) is 5.12. The van der Waals surface area contributed by atoms with Crippen LogP contribution in [-0.2, 0) is 0 Å².